The average molecular weight is 711 g/mol. The van der Waals surface area contributed by atoms with E-state index in [2.05, 4.69) is 0 Å². The molecule has 42 heavy (non-hydrogen) atoms. The Bertz CT molecular complexity index is 1430. The van der Waals surface area contributed by atoms with Gasteiger partial charge in [0.05, 0.1) is 0 Å². The van der Waals surface area contributed by atoms with Crippen molar-refractivity contribution in [2.24, 2.45) is 0 Å². The molecule has 0 radical (unpaired) electrons. The topological polar surface area (TPSA) is 0 Å². The van der Waals surface area contributed by atoms with Gasteiger partial charge >= 0.3 is 224 Å². The zero-order valence-corrected chi connectivity index (χ0v) is 23.1. The second-order valence-corrected chi connectivity index (χ2v) is 10.5. The molecule has 232 valence electrons. The van der Waals surface area contributed by atoms with Gasteiger partial charge in [0.25, 0.3) is 0 Å². The summed E-state index contributed by atoms with van der Waals surface area (Å²) in [5.74, 6) is -54.3. The summed E-state index contributed by atoms with van der Waals surface area (Å²) in [6, 6.07) is 0. The molecule has 0 amide bonds. The van der Waals surface area contributed by atoms with Gasteiger partial charge in [-0.2, -0.15) is 0 Å². The minimum absolute atomic E-state index is 2.14. The van der Waals surface area contributed by atoms with Gasteiger partial charge in [-0.1, -0.05) is 0 Å². The molecule has 0 saturated carbocycles. The van der Waals surface area contributed by atoms with Crippen LogP contribution in [0.2, 0.25) is 0 Å². The van der Waals surface area contributed by atoms with Crippen molar-refractivity contribution in [3.05, 3.63) is 51.8 Å². The summed E-state index contributed by atoms with van der Waals surface area (Å²) in [6.45, 7) is 0. The minimum atomic E-state index is -7.69. The Balaban J connectivity index is 3.03. The zero-order valence-electron chi connectivity index (χ0n) is 18.9. The first kappa shape index (κ1) is 33.8. The van der Waals surface area contributed by atoms with Crippen molar-refractivity contribution in [2.75, 3.05) is 0 Å². The third-order valence-electron chi connectivity index (χ3n) is 5.95. The molecule has 3 aromatic rings. The first-order valence-corrected chi connectivity index (χ1v) is 12.1. The van der Waals surface area contributed by atoms with Gasteiger partial charge in [-0.15, -0.1) is 0 Å². The maximum atomic E-state index is 15.0. The molecule has 3 rings (SSSR count). The normalized spacial score (nSPS) is 14.4. The molecule has 0 aromatic heterocycles. The predicted octanol–water partition coefficient (Wildman–Crippen LogP) is 7.80. The van der Waals surface area contributed by atoms with Crippen molar-refractivity contribution in [2.45, 2.75) is 36.0 Å². The van der Waals surface area contributed by atoms with Crippen LogP contribution in [0.4, 0.5) is 92.2 Å². The van der Waals surface area contributed by atoms with E-state index in [1.807, 2.05) is 0 Å². The Kier molecular flexibility index (Phi) is 7.59. The quantitative estimate of drug-likeness (QED) is 0.0853. The molecule has 3 aromatic carbocycles. The molecule has 0 atom stereocenters. The summed E-state index contributed by atoms with van der Waals surface area (Å²) in [5.41, 5.74) is -7.59. The van der Waals surface area contributed by atoms with Gasteiger partial charge in [0.1, 0.15) is 0 Å². The Morgan fingerprint density at radius 1 is 0.333 bits per heavy atom. The Labute approximate surface area is 225 Å². The Hall–Kier alpha value is -2.65. The molecule has 22 heteroatoms. The predicted molar refractivity (Wildman–Crippen MR) is 99.1 cm³/mol. The zero-order chi connectivity index (χ0) is 33.1. The van der Waals surface area contributed by atoms with Gasteiger partial charge in [0.2, 0.25) is 0 Å². The van der Waals surface area contributed by atoms with Crippen LogP contribution >= 0.6 is 0 Å². The summed E-state index contributed by atoms with van der Waals surface area (Å²) in [5, 5.41) is -13.4. The Morgan fingerprint density at radius 3 is 0.857 bits per heavy atom. The number of halogens is 21. The molecule has 0 aliphatic carbocycles. The number of alkyl halides is 14. The van der Waals surface area contributed by atoms with E-state index < -0.39 is 132 Å². The van der Waals surface area contributed by atoms with Crippen molar-refractivity contribution in [1.82, 2.24) is 0 Å². The molecule has 0 nitrogen and oxygen atoms in total. The van der Waals surface area contributed by atoms with Crippen molar-refractivity contribution in [3.63, 3.8) is 0 Å². The van der Waals surface area contributed by atoms with Crippen LogP contribution in [0.15, 0.2) is 0 Å². The monoisotopic (exact) mass is 710 g/mol. The first-order chi connectivity index (χ1) is 18.5. The van der Waals surface area contributed by atoms with Crippen molar-refractivity contribution < 1.29 is 92.2 Å². The van der Waals surface area contributed by atoms with E-state index in [0.717, 1.165) is 0 Å². The SMILES string of the molecule is Fc1c(F)c(F)c2c(C(F)(F)C(F)(F)C(F)(F)F)c3[c]([GaH2])c(F)c(F)c(F)c3c(C(F)(F)C(F)(F)C(F)(F)F)c2c1F. The maximum absolute atomic E-state index is 15.0. The van der Waals surface area contributed by atoms with Crippen LogP contribution < -0.4 is 4.12 Å². The molecule has 0 fully saturated rings. The second kappa shape index (κ2) is 9.42. The van der Waals surface area contributed by atoms with Gasteiger partial charge in [0.15, 0.2) is 0 Å². The van der Waals surface area contributed by atoms with Gasteiger partial charge in [0, 0.05) is 0 Å². The van der Waals surface area contributed by atoms with E-state index >= 15 is 8.78 Å². The summed E-state index contributed by atoms with van der Waals surface area (Å²) < 4.78 is 293. The van der Waals surface area contributed by atoms with Crippen LogP contribution in [0, 0.1) is 40.7 Å². The first-order valence-electron chi connectivity index (χ1n) is 9.97. The van der Waals surface area contributed by atoms with Crippen LogP contribution in [0.5, 0.6) is 0 Å². The second-order valence-electron chi connectivity index (χ2n) is 8.37. The summed E-state index contributed by atoms with van der Waals surface area (Å²) in [7, 11) is 0. The van der Waals surface area contributed by atoms with Crippen LogP contribution in [0.1, 0.15) is 11.1 Å². The third kappa shape index (κ3) is 4.13. The van der Waals surface area contributed by atoms with E-state index in [0.29, 0.717) is 0 Å². The fourth-order valence-corrected chi connectivity index (χ4v) is 5.48. The van der Waals surface area contributed by atoms with Crippen molar-refractivity contribution in [1.29, 1.82) is 0 Å². The van der Waals surface area contributed by atoms with E-state index in [1.54, 1.807) is 0 Å². The van der Waals surface area contributed by atoms with E-state index in [4.69, 9.17) is 0 Å². The van der Waals surface area contributed by atoms with E-state index in [1.165, 1.54) is 0 Å². The van der Waals surface area contributed by atoms with Gasteiger partial charge in [-0.05, 0) is 0 Å². The van der Waals surface area contributed by atoms with Gasteiger partial charge < -0.3 is 0 Å². The summed E-state index contributed by atoms with van der Waals surface area (Å²) in [6.07, 6.45) is -15.1. The fourth-order valence-electron chi connectivity index (χ4n) is 3.97. The van der Waals surface area contributed by atoms with Gasteiger partial charge in [-0.25, -0.2) is 0 Å². The van der Waals surface area contributed by atoms with Crippen LogP contribution in [-0.4, -0.2) is 42.8 Å². The summed E-state index contributed by atoms with van der Waals surface area (Å²) in [4.78, 5) is 0. The molecule has 0 saturated heterocycles. The van der Waals surface area contributed by atoms with E-state index in [9.17, 15) is 83.4 Å². The molecule has 0 heterocycles. The molecule has 0 aliphatic heterocycles. The summed E-state index contributed by atoms with van der Waals surface area (Å²) >= 11 is -2.14. The number of rotatable bonds is 4. The van der Waals surface area contributed by atoms with E-state index in [-0.39, 0.29) is 0 Å². The van der Waals surface area contributed by atoms with Crippen LogP contribution in [0.3, 0.4) is 0 Å². The number of hydrogen-bond acceptors (Lipinski definition) is 0. The number of hydrogen-bond donors (Lipinski definition) is 0. The van der Waals surface area contributed by atoms with Crippen LogP contribution in [0.25, 0.3) is 21.5 Å². The number of benzene rings is 3. The molecule has 0 bridgehead atoms. The van der Waals surface area contributed by atoms with Crippen LogP contribution in [-0.2, 0) is 11.8 Å². The molecular weight excluding hydrogens is 709 g/mol. The van der Waals surface area contributed by atoms with Crippen molar-refractivity contribution in [3.8, 4) is 0 Å². The molecule has 0 spiro atoms. The molecule has 0 N–H and O–H groups in total. The van der Waals surface area contributed by atoms with Crippen molar-refractivity contribution >= 4 is 44.3 Å². The number of fused-ring (bicyclic) bond motifs is 2. The molecule has 0 aliphatic rings. The fraction of sp³-hybridized carbons (Fsp3) is 0.300. The average Bonchev–Trinajstić information content (AvgIpc) is 2.84. The van der Waals surface area contributed by atoms with Gasteiger partial charge in [-0.3, -0.25) is 0 Å². The molecule has 0 unspecified atom stereocenters. The third-order valence-corrected chi connectivity index (χ3v) is 7.92. The molecular formula is C20H2F21Ga. The Morgan fingerprint density at radius 2 is 0.571 bits per heavy atom. The standard InChI is InChI=1S/C20F21.Ga.2H/c21-3-1-2-4(10(23)9(3)22)8(16(30,31)18(34,35)20(39,40)41)6-5(11(24)13(26)14(27)12(6)25)7(2)15(28,29)17(32,33)19(36,37)38;;;.